The van der Waals surface area contributed by atoms with Gasteiger partial charge in [-0.1, -0.05) is 6.07 Å². The van der Waals surface area contributed by atoms with E-state index >= 15 is 0 Å². The Morgan fingerprint density at radius 3 is 2.92 bits per heavy atom. The number of amides is 2. The molecule has 2 N–H and O–H groups in total. The molecule has 2 aromatic rings. The molecule has 1 aliphatic heterocycles. The van der Waals surface area contributed by atoms with E-state index in [9.17, 15) is 14.0 Å². The second-order valence-electron chi connectivity index (χ2n) is 6.00. The van der Waals surface area contributed by atoms with Crippen LogP contribution in [-0.4, -0.2) is 44.6 Å². The lowest BCUT2D eigenvalue weighted by atomic mass is 9.97. The summed E-state index contributed by atoms with van der Waals surface area (Å²) in [4.78, 5) is 26.1. The number of hydrogen-bond acceptors (Lipinski definition) is 4. The minimum absolute atomic E-state index is 0.0117. The first kappa shape index (κ1) is 17.3. The van der Waals surface area contributed by atoms with E-state index in [2.05, 4.69) is 15.5 Å². The van der Waals surface area contributed by atoms with E-state index in [0.29, 0.717) is 17.9 Å². The number of anilines is 1. The monoisotopic (exact) mass is 363 g/mol. The summed E-state index contributed by atoms with van der Waals surface area (Å²) in [5.74, 6) is -1.10. The molecule has 1 saturated heterocycles. The van der Waals surface area contributed by atoms with Gasteiger partial charge in [-0.25, -0.2) is 4.39 Å². The fourth-order valence-corrected chi connectivity index (χ4v) is 3.13. The van der Waals surface area contributed by atoms with Crippen molar-refractivity contribution in [3.05, 3.63) is 40.7 Å². The van der Waals surface area contributed by atoms with Gasteiger partial charge in [-0.2, -0.15) is 5.10 Å². The summed E-state index contributed by atoms with van der Waals surface area (Å²) in [5, 5.41) is 9.39. The van der Waals surface area contributed by atoms with Crippen molar-refractivity contribution in [1.29, 1.82) is 0 Å². The highest BCUT2D eigenvalue weighted by Gasteiger charge is 2.30. The molecule has 9 heteroatoms. The maximum absolute atomic E-state index is 13.2. The van der Waals surface area contributed by atoms with Gasteiger partial charge in [-0.3, -0.25) is 14.7 Å². The van der Waals surface area contributed by atoms with E-state index in [1.807, 2.05) is 7.05 Å². The Hall–Kier alpha value is -2.55. The van der Waals surface area contributed by atoms with Gasteiger partial charge < -0.3 is 14.8 Å². The van der Waals surface area contributed by atoms with Crippen LogP contribution in [0.1, 0.15) is 24.6 Å². The second kappa shape index (κ2) is 7.14. The van der Waals surface area contributed by atoms with Crippen LogP contribution in [0.15, 0.2) is 24.3 Å². The molecule has 0 bridgehead atoms. The second-order valence-corrected chi connectivity index (χ2v) is 6.39. The first-order chi connectivity index (χ1) is 12.0. The van der Waals surface area contributed by atoms with E-state index < -0.39 is 17.6 Å². The van der Waals surface area contributed by atoms with Crippen molar-refractivity contribution in [2.24, 2.45) is 7.05 Å². The van der Waals surface area contributed by atoms with E-state index in [4.69, 9.17) is 12.2 Å². The van der Waals surface area contributed by atoms with Gasteiger partial charge in [0, 0.05) is 31.7 Å². The average Bonchev–Trinajstić information content (AvgIpc) is 2.93. The van der Waals surface area contributed by atoms with Crippen molar-refractivity contribution >= 4 is 29.7 Å². The molecule has 7 nitrogen and oxygen atoms in total. The van der Waals surface area contributed by atoms with Gasteiger partial charge in [0.05, 0.1) is 0 Å². The molecule has 25 heavy (non-hydrogen) atoms. The van der Waals surface area contributed by atoms with Crippen LogP contribution in [0.25, 0.3) is 0 Å². The molecular weight excluding hydrogens is 345 g/mol. The molecule has 132 valence electrons. The molecule has 1 aromatic heterocycles. The number of hydrogen-bond donors (Lipinski definition) is 2. The predicted octanol–water partition coefficient (Wildman–Crippen LogP) is 1.96. The molecule has 2 amide bonds. The molecule has 1 aliphatic rings. The quantitative estimate of drug-likeness (QED) is 0.631. The number of likely N-dealkylation sites (tertiary alicyclic amines) is 1. The molecule has 0 radical (unpaired) electrons. The normalized spacial score (nSPS) is 17.4. The molecular formula is C16H18FN5O2S. The zero-order valence-electron chi connectivity index (χ0n) is 13.7. The lowest BCUT2D eigenvalue weighted by Gasteiger charge is -2.31. The fraction of sp³-hybridized carbons (Fsp3) is 0.375. The number of carbonyl (C=O) groups excluding carboxylic acids is 2. The van der Waals surface area contributed by atoms with Crippen LogP contribution in [-0.2, 0) is 16.6 Å². The predicted molar refractivity (Wildman–Crippen MR) is 92.0 cm³/mol. The number of aromatic nitrogens is 3. The van der Waals surface area contributed by atoms with Crippen molar-refractivity contribution in [2.45, 2.75) is 18.8 Å². The van der Waals surface area contributed by atoms with Crippen molar-refractivity contribution in [2.75, 3.05) is 18.4 Å². The van der Waals surface area contributed by atoms with E-state index in [0.717, 1.165) is 18.7 Å². The lowest BCUT2D eigenvalue weighted by molar-refractivity contribution is -0.144. The van der Waals surface area contributed by atoms with Crippen LogP contribution in [0.2, 0.25) is 0 Å². The number of benzene rings is 1. The Morgan fingerprint density at radius 2 is 2.24 bits per heavy atom. The van der Waals surface area contributed by atoms with Crippen molar-refractivity contribution in [1.82, 2.24) is 19.7 Å². The molecule has 1 unspecified atom stereocenters. The summed E-state index contributed by atoms with van der Waals surface area (Å²) in [6.07, 6.45) is 1.63. The van der Waals surface area contributed by atoms with E-state index in [1.54, 1.807) is 4.57 Å². The Morgan fingerprint density at radius 1 is 1.44 bits per heavy atom. The zero-order valence-corrected chi connectivity index (χ0v) is 14.5. The van der Waals surface area contributed by atoms with Gasteiger partial charge in [0.15, 0.2) is 4.77 Å². The van der Waals surface area contributed by atoms with Crippen molar-refractivity contribution in [3.63, 3.8) is 0 Å². The standard InChI is InChI=1S/C16H18FN5O2S/c1-21-13(19-20-16(21)25)10-4-3-7-22(9-10)15(24)14(23)18-12-6-2-5-11(17)8-12/h2,5-6,8,10H,3-4,7,9H2,1H3,(H,18,23)(H,20,25). The first-order valence-electron chi connectivity index (χ1n) is 7.93. The van der Waals surface area contributed by atoms with Gasteiger partial charge in [-0.05, 0) is 43.3 Å². The SMILES string of the molecule is Cn1c(C2CCCN(C(=O)C(=O)Nc3cccc(F)c3)C2)n[nH]c1=S. The maximum Gasteiger partial charge on any atom is 0.313 e. The highest BCUT2D eigenvalue weighted by Crippen LogP contribution is 2.25. The minimum atomic E-state index is -0.776. The number of nitrogens with zero attached hydrogens (tertiary/aromatic N) is 3. The Kier molecular flexibility index (Phi) is 4.93. The minimum Gasteiger partial charge on any atom is -0.334 e. The molecule has 3 rings (SSSR count). The summed E-state index contributed by atoms with van der Waals surface area (Å²) in [5.41, 5.74) is 0.251. The number of piperidine rings is 1. The molecule has 2 heterocycles. The highest BCUT2D eigenvalue weighted by atomic mass is 32.1. The molecule has 1 atom stereocenters. The van der Waals surface area contributed by atoms with E-state index in [-0.39, 0.29) is 11.6 Å². The van der Waals surface area contributed by atoms with Crippen LogP contribution in [0.4, 0.5) is 10.1 Å². The molecule has 1 aromatic carbocycles. The van der Waals surface area contributed by atoms with Crippen LogP contribution >= 0.6 is 12.2 Å². The Labute approximate surface area is 148 Å². The summed E-state index contributed by atoms with van der Waals surface area (Å²) in [6, 6.07) is 5.43. The Bertz CT molecular complexity index is 862. The van der Waals surface area contributed by atoms with Crippen LogP contribution in [0.5, 0.6) is 0 Å². The van der Waals surface area contributed by atoms with Gasteiger partial charge in [0.1, 0.15) is 11.6 Å². The number of nitrogens with one attached hydrogen (secondary N) is 2. The topological polar surface area (TPSA) is 83.0 Å². The summed E-state index contributed by atoms with van der Waals surface area (Å²) in [7, 11) is 1.82. The molecule has 0 aliphatic carbocycles. The summed E-state index contributed by atoms with van der Waals surface area (Å²) in [6.45, 7) is 0.893. The van der Waals surface area contributed by atoms with Crippen molar-refractivity contribution < 1.29 is 14.0 Å². The van der Waals surface area contributed by atoms with Gasteiger partial charge in [0.2, 0.25) is 0 Å². The average molecular weight is 363 g/mol. The number of aromatic amines is 1. The molecule has 0 spiro atoms. The van der Waals surface area contributed by atoms with Crippen LogP contribution in [0, 0.1) is 10.6 Å². The Balaban J connectivity index is 1.68. The third kappa shape index (κ3) is 3.76. The fourth-order valence-electron chi connectivity index (χ4n) is 2.99. The van der Waals surface area contributed by atoms with Crippen molar-refractivity contribution in [3.8, 4) is 0 Å². The van der Waals surface area contributed by atoms with Gasteiger partial charge in [-0.15, -0.1) is 0 Å². The molecule has 1 fully saturated rings. The smallest absolute Gasteiger partial charge is 0.313 e. The number of H-pyrrole nitrogens is 1. The number of rotatable bonds is 2. The maximum atomic E-state index is 13.2. The molecule has 0 saturated carbocycles. The lowest BCUT2D eigenvalue weighted by Crippen LogP contribution is -2.45. The van der Waals surface area contributed by atoms with E-state index in [1.165, 1.54) is 29.2 Å². The third-order valence-electron chi connectivity index (χ3n) is 4.26. The van der Waals surface area contributed by atoms with Crippen LogP contribution < -0.4 is 5.32 Å². The third-order valence-corrected chi connectivity index (χ3v) is 4.63. The summed E-state index contributed by atoms with van der Waals surface area (Å²) >= 11 is 5.12. The highest BCUT2D eigenvalue weighted by molar-refractivity contribution is 7.71. The largest absolute Gasteiger partial charge is 0.334 e. The van der Waals surface area contributed by atoms with Crippen LogP contribution in [0.3, 0.4) is 0 Å². The number of halogens is 1. The summed E-state index contributed by atoms with van der Waals surface area (Å²) < 4.78 is 15.5. The van der Waals surface area contributed by atoms with Gasteiger partial charge in [0.25, 0.3) is 0 Å². The number of carbonyl (C=O) groups is 2. The zero-order chi connectivity index (χ0) is 18.0. The first-order valence-corrected chi connectivity index (χ1v) is 8.33. The van der Waals surface area contributed by atoms with Gasteiger partial charge >= 0.3 is 11.8 Å².